The highest BCUT2D eigenvalue weighted by Gasteiger charge is 2.27. The molecule has 0 aliphatic carbocycles. The fourth-order valence-electron chi connectivity index (χ4n) is 3.69. The fourth-order valence-corrected chi connectivity index (χ4v) is 3.69. The number of nitrogens with zero attached hydrogens (tertiary/aromatic N) is 7. The molecule has 2 aliphatic heterocycles. The molecule has 2 saturated heterocycles. The van der Waals surface area contributed by atoms with Crippen LogP contribution < -0.4 is 19.4 Å². The number of methoxy groups -OCH3 is 1. The maximum atomic E-state index is 5.44. The van der Waals surface area contributed by atoms with Crippen LogP contribution in [0.2, 0.25) is 0 Å². The minimum atomic E-state index is 0.295. The van der Waals surface area contributed by atoms with Crippen LogP contribution in [0.15, 0.2) is 24.5 Å². The van der Waals surface area contributed by atoms with Crippen molar-refractivity contribution in [3.05, 3.63) is 24.5 Å². The Morgan fingerprint density at radius 2 is 1.89 bits per heavy atom. The number of anilines is 3. The molecule has 4 heterocycles. The van der Waals surface area contributed by atoms with Crippen LogP contribution in [0, 0.1) is 0 Å². The first-order valence-corrected chi connectivity index (χ1v) is 9.75. The zero-order valence-electron chi connectivity index (χ0n) is 16.5. The molecule has 0 N–H and O–H groups in total. The first-order chi connectivity index (χ1) is 13.7. The molecule has 2 fully saturated rings. The molecule has 4 rings (SSSR count). The van der Waals surface area contributed by atoms with Gasteiger partial charge >= 0.3 is 0 Å². The summed E-state index contributed by atoms with van der Waals surface area (Å²) in [6.07, 6.45) is 5.74. The Kier molecular flexibility index (Phi) is 5.70. The largest absolute Gasteiger partial charge is 0.481 e. The van der Waals surface area contributed by atoms with E-state index in [1.807, 2.05) is 12.3 Å². The van der Waals surface area contributed by atoms with E-state index in [0.717, 1.165) is 64.0 Å². The summed E-state index contributed by atoms with van der Waals surface area (Å²) in [7, 11) is 3.69. The summed E-state index contributed by atoms with van der Waals surface area (Å²) in [5, 5.41) is 0. The van der Waals surface area contributed by atoms with Crippen molar-refractivity contribution in [2.75, 3.05) is 68.2 Å². The monoisotopic (exact) mass is 385 g/mol. The Balaban J connectivity index is 1.47. The van der Waals surface area contributed by atoms with Crippen LogP contribution in [0.5, 0.6) is 5.88 Å². The zero-order chi connectivity index (χ0) is 19.3. The second kappa shape index (κ2) is 8.55. The maximum absolute atomic E-state index is 5.44. The lowest BCUT2D eigenvalue weighted by Crippen LogP contribution is -2.48. The van der Waals surface area contributed by atoms with E-state index in [1.54, 1.807) is 19.4 Å². The third-order valence-electron chi connectivity index (χ3n) is 5.33. The van der Waals surface area contributed by atoms with Crippen molar-refractivity contribution in [1.29, 1.82) is 0 Å². The molecule has 150 valence electrons. The van der Waals surface area contributed by atoms with Gasteiger partial charge < -0.3 is 24.2 Å². The van der Waals surface area contributed by atoms with Crippen LogP contribution in [-0.2, 0) is 4.74 Å². The van der Waals surface area contributed by atoms with Crippen molar-refractivity contribution in [3.63, 3.8) is 0 Å². The highest BCUT2D eigenvalue weighted by atomic mass is 16.5. The number of piperidine rings is 1. The number of aromatic nitrogens is 4. The lowest BCUT2D eigenvalue weighted by atomic mass is 10.1. The van der Waals surface area contributed by atoms with E-state index in [4.69, 9.17) is 14.5 Å². The summed E-state index contributed by atoms with van der Waals surface area (Å²) < 4.78 is 10.7. The van der Waals surface area contributed by atoms with Crippen molar-refractivity contribution < 1.29 is 9.47 Å². The Labute approximate surface area is 165 Å². The quantitative estimate of drug-likeness (QED) is 0.754. The zero-order valence-corrected chi connectivity index (χ0v) is 16.5. The molecule has 0 bridgehead atoms. The average Bonchev–Trinajstić information content (AvgIpc) is 2.79. The molecule has 2 aliphatic rings. The summed E-state index contributed by atoms with van der Waals surface area (Å²) in [4.78, 5) is 24.9. The normalized spacial score (nSPS) is 20.1. The third-order valence-corrected chi connectivity index (χ3v) is 5.33. The number of hydrogen-bond acceptors (Lipinski definition) is 9. The van der Waals surface area contributed by atoms with Crippen molar-refractivity contribution in [2.45, 2.75) is 18.9 Å². The van der Waals surface area contributed by atoms with E-state index >= 15 is 0 Å². The summed E-state index contributed by atoms with van der Waals surface area (Å²) in [6, 6.07) is 4.03. The van der Waals surface area contributed by atoms with Gasteiger partial charge in [0.25, 0.3) is 0 Å². The molecule has 1 atom stereocenters. The molecule has 0 radical (unpaired) electrons. The number of ether oxygens (including phenoxy) is 2. The van der Waals surface area contributed by atoms with Gasteiger partial charge in [0.1, 0.15) is 5.82 Å². The molecule has 28 heavy (non-hydrogen) atoms. The Morgan fingerprint density at radius 1 is 1.07 bits per heavy atom. The molecule has 0 saturated carbocycles. The van der Waals surface area contributed by atoms with E-state index in [9.17, 15) is 0 Å². The maximum Gasteiger partial charge on any atom is 0.228 e. The van der Waals surface area contributed by atoms with E-state index in [1.165, 1.54) is 0 Å². The molecule has 2 aromatic rings. The minimum Gasteiger partial charge on any atom is -0.481 e. The highest BCUT2D eigenvalue weighted by molar-refractivity contribution is 5.45. The summed E-state index contributed by atoms with van der Waals surface area (Å²) in [6.45, 7) is 4.98. The molecular weight excluding hydrogens is 358 g/mol. The van der Waals surface area contributed by atoms with Crippen molar-refractivity contribution in [1.82, 2.24) is 19.9 Å². The Hall–Kier alpha value is -2.68. The summed E-state index contributed by atoms with van der Waals surface area (Å²) >= 11 is 0. The molecule has 0 amide bonds. The topological polar surface area (TPSA) is 79.7 Å². The number of morpholine rings is 1. The van der Waals surface area contributed by atoms with Gasteiger partial charge in [0.2, 0.25) is 17.8 Å². The van der Waals surface area contributed by atoms with Crippen molar-refractivity contribution in [2.24, 2.45) is 0 Å². The predicted molar refractivity (Wildman–Crippen MR) is 107 cm³/mol. The number of rotatable bonds is 5. The second-order valence-electron chi connectivity index (χ2n) is 7.07. The molecule has 0 aromatic carbocycles. The number of hydrogen-bond donors (Lipinski definition) is 0. The Bertz CT molecular complexity index is 784. The summed E-state index contributed by atoms with van der Waals surface area (Å²) in [5.74, 6) is 3.01. The Morgan fingerprint density at radius 3 is 2.71 bits per heavy atom. The number of likely N-dealkylation sites (N-methyl/N-ethyl adjacent to an activating group) is 1. The SMILES string of the molecule is COc1ccnc(N2CCCC(N(C)c3nccc(N4CCOCC4)n3)C2)n1. The molecule has 2 aromatic heterocycles. The molecule has 1 unspecified atom stereocenters. The second-order valence-corrected chi connectivity index (χ2v) is 7.07. The van der Waals surface area contributed by atoms with E-state index in [0.29, 0.717) is 17.9 Å². The van der Waals surface area contributed by atoms with Gasteiger partial charge in [-0.3, -0.25) is 0 Å². The standard InChI is InChI=1S/C19H27N7O2/c1-24(18-20-7-5-16(22-18)25-10-12-28-13-11-25)15-4-3-9-26(14-15)19-21-8-6-17(23-19)27-2/h5-8,15H,3-4,9-14H2,1-2H3. The lowest BCUT2D eigenvalue weighted by Gasteiger charge is -2.38. The average molecular weight is 385 g/mol. The van der Waals surface area contributed by atoms with Crippen molar-refractivity contribution >= 4 is 17.7 Å². The van der Waals surface area contributed by atoms with Gasteiger partial charge in [-0.2, -0.15) is 9.97 Å². The van der Waals surface area contributed by atoms with Crippen LogP contribution in [0.3, 0.4) is 0 Å². The minimum absolute atomic E-state index is 0.295. The van der Waals surface area contributed by atoms with Gasteiger partial charge in [-0.1, -0.05) is 0 Å². The smallest absolute Gasteiger partial charge is 0.228 e. The fraction of sp³-hybridized carbons (Fsp3) is 0.579. The van der Waals surface area contributed by atoms with Crippen LogP contribution >= 0.6 is 0 Å². The van der Waals surface area contributed by atoms with Crippen LogP contribution in [0.25, 0.3) is 0 Å². The first kappa shape index (κ1) is 18.7. The van der Waals surface area contributed by atoms with Gasteiger partial charge in [-0.25, -0.2) is 9.97 Å². The van der Waals surface area contributed by atoms with Crippen LogP contribution in [-0.4, -0.2) is 79.5 Å². The van der Waals surface area contributed by atoms with Gasteiger partial charge in [-0.15, -0.1) is 0 Å². The van der Waals surface area contributed by atoms with Gasteiger partial charge in [0.05, 0.1) is 20.3 Å². The predicted octanol–water partition coefficient (Wildman–Crippen LogP) is 1.22. The van der Waals surface area contributed by atoms with E-state index in [2.05, 4.69) is 36.7 Å². The lowest BCUT2D eigenvalue weighted by molar-refractivity contribution is 0.122. The molecule has 0 spiro atoms. The van der Waals surface area contributed by atoms with Crippen molar-refractivity contribution in [3.8, 4) is 5.88 Å². The van der Waals surface area contributed by atoms with E-state index in [-0.39, 0.29) is 0 Å². The molecular formula is C19H27N7O2. The molecule has 9 heteroatoms. The summed E-state index contributed by atoms with van der Waals surface area (Å²) in [5.41, 5.74) is 0. The van der Waals surface area contributed by atoms with Gasteiger partial charge in [-0.05, 0) is 18.9 Å². The first-order valence-electron chi connectivity index (χ1n) is 9.75. The van der Waals surface area contributed by atoms with Crippen LogP contribution in [0.4, 0.5) is 17.7 Å². The van der Waals surface area contributed by atoms with Gasteiger partial charge in [0, 0.05) is 57.7 Å². The van der Waals surface area contributed by atoms with E-state index < -0.39 is 0 Å². The van der Waals surface area contributed by atoms with Gasteiger partial charge in [0.15, 0.2) is 0 Å². The van der Waals surface area contributed by atoms with Crippen LogP contribution in [0.1, 0.15) is 12.8 Å². The molecule has 9 nitrogen and oxygen atoms in total. The third kappa shape index (κ3) is 4.09. The highest BCUT2D eigenvalue weighted by Crippen LogP contribution is 2.23.